The van der Waals surface area contributed by atoms with Crippen molar-refractivity contribution in [3.63, 3.8) is 0 Å². The summed E-state index contributed by atoms with van der Waals surface area (Å²) in [5.74, 6) is 0. The van der Waals surface area contributed by atoms with Crippen LogP contribution in [0.15, 0.2) is 18.3 Å². The van der Waals surface area contributed by atoms with Crippen molar-refractivity contribution in [1.82, 2.24) is 19.7 Å². The fourth-order valence-corrected chi connectivity index (χ4v) is 3.68. The maximum absolute atomic E-state index is 4.70. The number of aromatic nitrogens is 1. The third kappa shape index (κ3) is 5.00. The molecule has 0 atom stereocenters. The molecule has 2 aliphatic rings. The van der Waals surface area contributed by atoms with Crippen molar-refractivity contribution in [2.75, 3.05) is 39.3 Å². The number of likely N-dealkylation sites (tertiary alicyclic amines) is 1. The van der Waals surface area contributed by atoms with Crippen LogP contribution in [-0.2, 0) is 13.1 Å². The Morgan fingerprint density at radius 1 is 0.870 bits per heavy atom. The Morgan fingerprint density at radius 3 is 2.17 bits per heavy atom. The minimum absolute atomic E-state index is 0.674. The van der Waals surface area contributed by atoms with Crippen LogP contribution in [0.2, 0.25) is 0 Å². The van der Waals surface area contributed by atoms with Gasteiger partial charge in [-0.15, -0.1) is 0 Å². The van der Waals surface area contributed by atoms with Crippen LogP contribution in [0.3, 0.4) is 0 Å². The van der Waals surface area contributed by atoms with E-state index >= 15 is 0 Å². The summed E-state index contributed by atoms with van der Waals surface area (Å²) in [6.07, 6.45) is 6.18. The molecule has 1 aromatic rings. The van der Waals surface area contributed by atoms with Crippen molar-refractivity contribution in [2.45, 2.75) is 52.2 Å². The molecule has 0 aliphatic carbocycles. The van der Waals surface area contributed by atoms with Crippen molar-refractivity contribution in [3.8, 4) is 0 Å². The smallest absolute Gasteiger partial charge is 0.0544 e. The van der Waals surface area contributed by atoms with Gasteiger partial charge in [0.05, 0.1) is 5.69 Å². The Balaban J connectivity index is 1.46. The standard InChI is InChI=1S/C19H32N4/c1-17(2)23-12-10-22(11-13-23)15-18-6-7-19(20-14-18)16-21-8-4-3-5-9-21/h6-7,14,17H,3-5,8-13,15-16H2,1-2H3. The van der Waals surface area contributed by atoms with Crippen molar-refractivity contribution >= 4 is 0 Å². The fraction of sp³-hybridized carbons (Fsp3) is 0.737. The zero-order chi connectivity index (χ0) is 16.1. The van der Waals surface area contributed by atoms with Crippen molar-refractivity contribution in [3.05, 3.63) is 29.6 Å². The van der Waals surface area contributed by atoms with Crippen molar-refractivity contribution in [2.24, 2.45) is 0 Å². The van der Waals surface area contributed by atoms with Crippen LogP contribution >= 0.6 is 0 Å². The molecule has 23 heavy (non-hydrogen) atoms. The van der Waals surface area contributed by atoms with E-state index in [4.69, 9.17) is 4.98 Å². The van der Waals surface area contributed by atoms with E-state index in [2.05, 4.69) is 46.9 Å². The summed E-state index contributed by atoms with van der Waals surface area (Å²) >= 11 is 0. The predicted octanol–water partition coefficient (Wildman–Crippen LogP) is 2.59. The molecule has 0 radical (unpaired) electrons. The van der Waals surface area contributed by atoms with E-state index in [1.54, 1.807) is 0 Å². The lowest BCUT2D eigenvalue weighted by Gasteiger charge is -2.36. The maximum Gasteiger partial charge on any atom is 0.0544 e. The number of piperidine rings is 1. The average Bonchev–Trinajstić information content (AvgIpc) is 2.58. The van der Waals surface area contributed by atoms with Gasteiger partial charge >= 0.3 is 0 Å². The highest BCUT2D eigenvalue weighted by Gasteiger charge is 2.18. The van der Waals surface area contributed by atoms with E-state index in [9.17, 15) is 0 Å². The van der Waals surface area contributed by atoms with Crippen LogP contribution < -0.4 is 0 Å². The molecule has 3 rings (SSSR count). The quantitative estimate of drug-likeness (QED) is 0.833. The van der Waals surface area contributed by atoms with Gasteiger partial charge in [0.1, 0.15) is 0 Å². The van der Waals surface area contributed by atoms with Crippen molar-refractivity contribution < 1.29 is 0 Å². The first kappa shape index (κ1) is 16.9. The molecule has 1 aromatic heterocycles. The van der Waals surface area contributed by atoms with Gasteiger partial charge in [-0.05, 0) is 51.4 Å². The Kier molecular flexibility index (Phi) is 6.03. The summed E-state index contributed by atoms with van der Waals surface area (Å²) in [4.78, 5) is 12.4. The molecule has 4 heteroatoms. The number of hydrogen-bond acceptors (Lipinski definition) is 4. The second kappa shape index (κ2) is 8.22. The summed E-state index contributed by atoms with van der Waals surface area (Å²) < 4.78 is 0. The molecule has 128 valence electrons. The normalized spacial score (nSPS) is 21.9. The molecule has 0 amide bonds. The van der Waals surface area contributed by atoms with E-state index in [-0.39, 0.29) is 0 Å². The van der Waals surface area contributed by atoms with E-state index in [1.807, 2.05) is 0 Å². The molecule has 0 N–H and O–H groups in total. The van der Waals surface area contributed by atoms with Crippen LogP contribution in [-0.4, -0.2) is 65.0 Å². The lowest BCUT2D eigenvalue weighted by atomic mass is 10.1. The number of pyridine rings is 1. The highest BCUT2D eigenvalue weighted by atomic mass is 15.3. The first-order valence-corrected chi connectivity index (χ1v) is 9.33. The number of piperazine rings is 1. The van der Waals surface area contributed by atoms with Crippen LogP contribution in [0, 0.1) is 0 Å². The van der Waals surface area contributed by atoms with Crippen LogP contribution in [0.4, 0.5) is 0 Å². The zero-order valence-corrected chi connectivity index (χ0v) is 14.9. The topological polar surface area (TPSA) is 22.6 Å². The third-order valence-electron chi connectivity index (χ3n) is 5.26. The van der Waals surface area contributed by atoms with Gasteiger partial charge in [-0.2, -0.15) is 0 Å². The molecule has 2 aliphatic heterocycles. The summed E-state index contributed by atoms with van der Waals surface area (Å²) in [5, 5.41) is 0. The molecule has 2 fully saturated rings. The molecule has 3 heterocycles. The Hall–Kier alpha value is -0.970. The van der Waals surface area contributed by atoms with Crippen LogP contribution in [0.25, 0.3) is 0 Å². The highest BCUT2D eigenvalue weighted by Crippen LogP contribution is 2.13. The monoisotopic (exact) mass is 316 g/mol. The molecule has 2 saturated heterocycles. The van der Waals surface area contributed by atoms with Gasteiger partial charge in [0.2, 0.25) is 0 Å². The van der Waals surface area contributed by atoms with Crippen LogP contribution in [0.5, 0.6) is 0 Å². The lowest BCUT2D eigenvalue weighted by Crippen LogP contribution is -2.48. The van der Waals surface area contributed by atoms with E-state index in [0.717, 1.165) is 13.1 Å². The van der Waals surface area contributed by atoms with Gasteiger partial charge < -0.3 is 0 Å². The molecule has 4 nitrogen and oxygen atoms in total. The lowest BCUT2D eigenvalue weighted by molar-refractivity contribution is 0.104. The number of nitrogens with zero attached hydrogens (tertiary/aromatic N) is 4. The van der Waals surface area contributed by atoms with Gasteiger partial charge in [-0.25, -0.2) is 0 Å². The Labute approximate surface area is 141 Å². The van der Waals surface area contributed by atoms with Crippen molar-refractivity contribution in [1.29, 1.82) is 0 Å². The SMILES string of the molecule is CC(C)N1CCN(Cc2ccc(CN3CCCCC3)nc2)CC1. The molecule has 0 aromatic carbocycles. The summed E-state index contributed by atoms with van der Waals surface area (Å²) in [5.41, 5.74) is 2.57. The Bertz CT molecular complexity index is 457. The Morgan fingerprint density at radius 2 is 1.57 bits per heavy atom. The van der Waals surface area contributed by atoms with Crippen LogP contribution in [0.1, 0.15) is 44.4 Å². The van der Waals surface area contributed by atoms with Gasteiger partial charge in [0.15, 0.2) is 0 Å². The summed E-state index contributed by atoms with van der Waals surface area (Å²) in [7, 11) is 0. The van der Waals surface area contributed by atoms with E-state index in [1.165, 1.54) is 69.8 Å². The molecule has 0 spiro atoms. The minimum Gasteiger partial charge on any atom is -0.298 e. The van der Waals surface area contributed by atoms with Gasteiger partial charge in [-0.1, -0.05) is 12.5 Å². The van der Waals surface area contributed by atoms with Gasteiger partial charge in [-0.3, -0.25) is 19.7 Å². The fourth-order valence-electron chi connectivity index (χ4n) is 3.68. The molecule has 0 bridgehead atoms. The highest BCUT2D eigenvalue weighted by molar-refractivity contribution is 5.14. The van der Waals surface area contributed by atoms with E-state index < -0.39 is 0 Å². The first-order chi connectivity index (χ1) is 11.2. The number of hydrogen-bond donors (Lipinski definition) is 0. The minimum atomic E-state index is 0.674. The zero-order valence-electron chi connectivity index (χ0n) is 14.9. The second-order valence-corrected chi connectivity index (χ2v) is 7.40. The predicted molar refractivity (Wildman–Crippen MR) is 95.4 cm³/mol. The van der Waals surface area contributed by atoms with Gasteiger partial charge in [0, 0.05) is 51.5 Å². The summed E-state index contributed by atoms with van der Waals surface area (Å²) in [6, 6.07) is 5.18. The average molecular weight is 316 g/mol. The largest absolute Gasteiger partial charge is 0.298 e. The molecular weight excluding hydrogens is 284 g/mol. The summed E-state index contributed by atoms with van der Waals surface area (Å²) in [6.45, 7) is 13.9. The third-order valence-corrected chi connectivity index (χ3v) is 5.26. The first-order valence-electron chi connectivity index (χ1n) is 9.33. The maximum atomic E-state index is 4.70. The number of rotatable bonds is 5. The van der Waals surface area contributed by atoms with Gasteiger partial charge in [0.25, 0.3) is 0 Å². The van der Waals surface area contributed by atoms with E-state index in [0.29, 0.717) is 6.04 Å². The second-order valence-electron chi connectivity index (χ2n) is 7.40. The molecular formula is C19H32N4. The molecule has 0 unspecified atom stereocenters. The molecule has 0 saturated carbocycles.